The molecule has 0 bridgehead atoms. The van der Waals surface area contributed by atoms with Crippen molar-refractivity contribution in [3.8, 4) is 0 Å². The lowest BCUT2D eigenvalue weighted by Gasteiger charge is -2.09. The Labute approximate surface area is 117 Å². The minimum atomic E-state index is -0.436. The SMILES string of the molecule is Cc1cccc(C)c1CC(=O)c1ccc(F)cc1Cl. The first-order valence-corrected chi connectivity index (χ1v) is 6.40. The smallest absolute Gasteiger partial charge is 0.168 e. The lowest BCUT2D eigenvalue weighted by atomic mass is 9.95. The van der Waals surface area contributed by atoms with Crippen LogP contribution in [0.3, 0.4) is 0 Å². The Morgan fingerprint density at radius 2 is 1.79 bits per heavy atom. The first-order chi connectivity index (χ1) is 8.99. The van der Waals surface area contributed by atoms with E-state index < -0.39 is 5.82 Å². The number of Topliss-reactive ketones (excluding diaryl/α,β-unsaturated/α-hetero) is 1. The zero-order valence-electron chi connectivity index (χ0n) is 10.8. The average Bonchev–Trinajstić information content (AvgIpc) is 2.33. The van der Waals surface area contributed by atoms with Crippen molar-refractivity contribution in [2.24, 2.45) is 0 Å². The van der Waals surface area contributed by atoms with E-state index in [9.17, 15) is 9.18 Å². The average molecular weight is 277 g/mol. The Balaban J connectivity index is 2.31. The number of aryl methyl sites for hydroxylation is 2. The third-order valence-corrected chi connectivity index (χ3v) is 3.53. The van der Waals surface area contributed by atoms with Gasteiger partial charge in [0.2, 0.25) is 0 Å². The summed E-state index contributed by atoms with van der Waals surface area (Å²) in [5, 5.41) is 0.163. The van der Waals surface area contributed by atoms with Crippen molar-refractivity contribution in [3.63, 3.8) is 0 Å². The van der Waals surface area contributed by atoms with Crippen molar-refractivity contribution in [2.45, 2.75) is 20.3 Å². The summed E-state index contributed by atoms with van der Waals surface area (Å²) in [7, 11) is 0. The molecule has 0 atom stereocenters. The number of benzene rings is 2. The predicted molar refractivity (Wildman–Crippen MR) is 75.4 cm³/mol. The fourth-order valence-electron chi connectivity index (χ4n) is 2.10. The van der Waals surface area contributed by atoms with Crippen LogP contribution in [0.15, 0.2) is 36.4 Å². The van der Waals surface area contributed by atoms with Crippen molar-refractivity contribution < 1.29 is 9.18 Å². The fourth-order valence-corrected chi connectivity index (χ4v) is 2.37. The number of hydrogen-bond donors (Lipinski definition) is 0. The molecule has 0 saturated carbocycles. The second-order valence-corrected chi connectivity index (χ2v) is 5.00. The van der Waals surface area contributed by atoms with Gasteiger partial charge in [0.25, 0.3) is 0 Å². The molecular weight excluding hydrogens is 263 g/mol. The molecule has 3 heteroatoms. The lowest BCUT2D eigenvalue weighted by molar-refractivity contribution is 0.0992. The van der Waals surface area contributed by atoms with Gasteiger partial charge in [0.1, 0.15) is 5.82 Å². The van der Waals surface area contributed by atoms with Gasteiger partial charge in [-0.2, -0.15) is 0 Å². The van der Waals surface area contributed by atoms with Crippen LogP contribution in [0.4, 0.5) is 4.39 Å². The van der Waals surface area contributed by atoms with E-state index in [-0.39, 0.29) is 17.2 Å². The molecule has 0 fully saturated rings. The maximum atomic E-state index is 13.0. The van der Waals surface area contributed by atoms with Gasteiger partial charge in [0, 0.05) is 12.0 Å². The number of halogens is 2. The molecule has 2 aromatic rings. The van der Waals surface area contributed by atoms with E-state index in [0.717, 1.165) is 16.7 Å². The van der Waals surface area contributed by atoms with Crippen molar-refractivity contribution in [2.75, 3.05) is 0 Å². The first-order valence-electron chi connectivity index (χ1n) is 6.02. The molecule has 98 valence electrons. The van der Waals surface area contributed by atoms with E-state index in [2.05, 4.69) is 0 Å². The molecule has 0 saturated heterocycles. The number of rotatable bonds is 3. The predicted octanol–water partition coefficient (Wildman–Crippen LogP) is 4.52. The van der Waals surface area contributed by atoms with Crippen LogP contribution >= 0.6 is 11.6 Å². The quantitative estimate of drug-likeness (QED) is 0.753. The number of hydrogen-bond acceptors (Lipinski definition) is 1. The van der Waals surface area contributed by atoms with Crippen LogP contribution in [0.5, 0.6) is 0 Å². The minimum Gasteiger partial charge on any atom is -0.294 e. The fraction of sp³-hybridized carbons (Fsp3) is 0.188. The molecule has 0 radical (unpaired) electrons. The van der Waals surface area contributed by atoms with Crippen molar-refractivity contribution in [3.05, 3.63) is 69.5 Å². The minimum absolute atomic E-state index is 0.0950. The first kappa shape index (κ1) is 13.8. The summed E-state index contributed by atoms with van der Waals surface area (Å²) in [6.45, 7) is 3.95. The molecule has 0 spiro atoms. The third-order valence-electron chi connectivity index (χ3n) is 3.21. The molecule has 0 N–H and O–H groups in total. The molecule has 0 aromatic heterocycles. The topological polar surface area (TPSA) is 17.1 Å². The van der Waals surface area contributed by atoms with Gasteiger partial charge in [-0.25, -0.2) is 4.39 Å². The van der Waals surface area contributed by atoms with E-state index >= 15 is 0 Å². The molecule has 0 heterocycles. The molecule has 0 aliphatic rings. The number of carbonyl (C=O) groups is 1. The monoisotopic (exact) mass is 276 g/mol. The zero-order valence-corrected chi connectivity index (χ0v) is 11.6. The van der Waals surface area contributed by atoms with Gasteiger partial charge in [-0.15, -0.1) is 0 Å². The van der Waals surface area contributed by atoms with Crippen molar-refractivity contribution >= 4 is 17.4 Å². The van der Waals surface area contributed by atoms with Crippen molar-refractivity contribution in [1.82, 2.24) is 0 Å². The van der Waals surface area contributed by atoms with Crippen LogP contribution in [-0.2, 0) is 6.42 Å². The maximum Gasteiger partial charge on any atom is 0.168 e. The van der Waals surface area contributed by atoms with Gasteiger partial charge >= 0.3 is 0 Å². The Hall–Kier alpha value is -1.67. The molecule has 0 aliphatic heterocycles. The normalized spacial score (nSPS) is 10.5. The molecule has 19 heavy (non-hydrogen) atoms. The van der Waals surface area contributed by atoms with Crippen LogP contribution in [0.1, 0.15) is 27.0 Å². The van der Waals surface area contributed by atoms with Crippen LogP contribution in [-0.4, -0.2) is 5.78 Å². The molecule has 2 aromatic carbocycles. The molecular formula is C16H14ClFO. The third kappa shape index (κ3) is 3.02. The van der Waals surface area contributed by atoms with E-state index in [1.54, 1.807) is 0 Å². The molecule has 0 amide bonds. The highest BCUT2D eigenvalue weighted by atomic mass is 35.5. The summed E-state index contributed by atoms with van der Waals surface area (Å²) >= 11 is 5.91. The van der Waals surface area contributed by atoms with E-state index in [1.165, 1.54) is 18.2 Å². The van der Waals surface area contributed by atoms with E-state index in [1.807, 2.05) is 32.0 Å². The summed E-state index contributed by atoms with van der Waals surface area (Å²) in [5.74, 6) is -0.531. The van der Waals surface area contributed by atoms with Crippen LogP contribution in [0.25, 0.3) is 0 Å². The van der Waals surface area contributed by atoms with Crippen LogP contribution in [0.2, 0.25) is 5.02 Å². The maximum absolute atomic E-state index is 13.0. The van der Waals surface area contributed by atoms with Gasteiger partial charge in [-0.1, -0.05) is 29.8 Å². The van der Waals surface area contributed by atoms with Crippen molar-refractivity contribution in [1.29, 1.82) is 0 Å². The Bertz CT molecular complexity index is 614. The van der Waals surface area contributed by atoms with Gasteiger partial charge in [0.15, 0.2) is 5.78 Å². The van der Waals surface area contributed by atoms with Gasteiger partial charge in [-0.05, 0) is 48.7 Å². The van der Waals surface area contributed by atoms with E-state index in [4.69, 9.17) is 11.6 Å². The van der Waals surface area contributed by atoms with Gasteiger partial charge < -0.3 is 0 Å². The second kappa shape index (κ2) is 5.54. The molecule has 0 unspecified atom stereocenters. The molecule has 0 aliphatic carbocycles. The second-order valence-electron chi connectivity index (χ2n) is 4.59. The Kier molecular flexibility index (Phi) is 4.01. The summed E-state index contributed by atoms with van der Waals surface area (Å²) in [5.41, 5.74) is 3.52. The number of carbonyl (C=O) groups excluding carboxylic acids is 1. The summed E-state index contributed by atoms with van der Waals surface area (Å²) in [6, 6.07) is 9.77. The highest BCUT2D eigenvalue weighted by molar-refractivity contribution is 6.34. The van der Waals surface area contributed by atoms with Crippen LogP contribution < -0.4 is 0 Å². The highest BCUT2D eigenvalue weighted by Gasteiger charge is 2.14. The van der Waals surface area contributed by atoms with E-state index in [0.29, 0.717) is 5.56 Å². The lowest BCUT2D eigenvalue weighted by Crippen LogP contribution is -2.07. The molecule has 1 nitrogen and oxygen atoms in total. The Morgan fingerprint density at radius 3 is 2.37 bits per heavy atom. The summed E-state index contributed by atoms with van der Waals surface area (Å²) in [4.78, 5) is 12.2. The molecule has 2 rings (SSSR count). The summed E-state index contributed by atoms with van der Waals surface area (Å²) in [6.07, 6.45) is 0.282. The van der Waals surface area contributed by atoms with Gasteiger partial charge in [-0.3, -0.25) is 4.79 Å². The highest BCUT2D eigenvalue weighted by Crippen LogP contribution is 2.21. The largest absolute Gasteiger partial charge is 0.294 e. The zero-order chi connectivity index (χ0) is 14.0. The Morgan fingerprint density at radius 1 is 1.16 bits per heavy atom. The summed E-state index contributed by atoms with van der Waals surface area (Å²) < 4.78 is 13.0. The van der Waals surface area contributed by atoms with Gasteiger partial charge in [0.05, 0.1) is 5.02 Å². The standard InChI is InChI=1S/C16H14ClFO/c1-10-4-3-5-11(2)14(10)9-16(19)13-7-6-12(18)8-15(13)17/h3-8H,9H2,1-2H3. The number of ketones is 1. The van der Waals surface area contributed by atoms with Crippen LogP contribution in [0, 0.1) is 19.7 Å².